The van der Waals surface area contributed by atoms with Crippen LogP contribution in [0, 0.1) is 0 Å². The fourth-order valence-corrected chi connectivity index (χ4v) is 2.67. The Bertz CT molecular complexity index is 730. The van der Waals surface area contributed by atoms with Gasteiger partial charge in [0.05, 0.1) is 5.56 Å². The number of carbonyl (C=O) groups is 1. The van der Waals surface area contributed by atoms with E-state index in [1.165, 1.54) is 6.20 Å². The largest absolute Gasteiger partial charge is 0.478 e. The van der Waals surface area contributed by atoms with Crippen LogP contribution in [0.2, 0.25) is 0 Å². The summed E-state index contributed by atoms with van der Waals surface area (Å²) < 4.78 is 0. The zero-order valence-electron chi connectivity index (χ0n) is 11.9. The molecule has 0 atom stereocenters. The molecule has 0 saturated carbocycles. The molecule has 1 aromatic heterocycles. The molecule has 3 rings (SSSR count). The maximum atomic E-state index is 11.6. The lowest BCUT2D eigenvalue weighted by Crippen LogP contribution is -2.10. The zero-order valence-corrected chi connectivity index (χ0v) is 11.9. The molecule has 0 unspecified atom stereocenters. The monoisotopic (exact) mass is 289 g/mol. The standard InChI is InChI=1S/C19H15NO2/c21-19(22)16-11-12-20-13-17(16)18(14-7-3-1-4-8-14)15-9-5-2-6-10-15/h1-13,18H,(H,21,22). The molecule has 0 aliphatic heterocycles. The van der Waals surface area contributed by atoms with Crippen molar-refractivity contribution in [3.8, 4) is 0 Å². The highest BCUT2D eigenvalue weighted by atomic mass is 16.4. The van der Waals surface area contributed by atoms with Crippen LogP contribution in [0.3, 0.4) is 0 Å². The van der Waals surface area contributed by atoms with Gasteiger partial charge in [-0.1, -0.05) is 60.7 Å². The second-order valence-electron chi connectivity index (χ2n) is 5.02. The molecule has 1 N–H and O–H groups in total. The van der Waals surface area contributed by atoms with Gasteiger partial charge in [0.2, 0.25) is 0 Å². The van der Waals surface area contributed by atoms with Gasteiger partial charge >= 0.3 is 5.97 Å². The van der Waals surface area contributed by atoms with E-state index in [-0.39, 0.29) is 11.5 Å². The van der Waals surface area contributed by atoms with Crippen molar-refractivity contribution in [3.05, 3.63) is 101 Å². The zero-order chi connectivity index (χ0) is 15.4. The van der Waals surface area contributed by atoms with E-state index in [1.54, 1.807) is 12.3 Å². The van der Waals surface area contributed by atoms with Crippen molar-refractivity contribution < 1.29 is 9.90 Å². The number of carboxylic acid groups (broad SMARTS) is 1. The van der Waals surface area contributed by atoms with Gasteiger partial charge in [-0.05, 0) is 22.8 Å². The van der Waals surface area contributed by atoms with Crippen molar-refractivity contribution in [1.29, 1.82) is 0 Å². The molecule has 0 saturated heterocycles. The molecule has 3 nitrogen and oxygen atoms in total. The Labute approximate surface area is 128 Å². The number of rotatable bonds is 4. The summed E-state index contributed by atoms with van der Waals surface area (Å²) >= 11 is 0. The van der Waals surface area contributed by atoms with Crippen LogP contribution in [0.5, 0.6) is 0 Å². The van der Waals surface area contributed by atoms with Crippen LogP contribution >= 0.6 is 0 Å². The third kappa shape index (κ3) is 2.74. The van der Waals surface area contributed by atoms with Gasteiger partial charge in [-0.25, -0.2) is 4.79 Å². The van der Waals surface area contributed by atoms with Gasteiger partial charge < -0.3 is 5.11 Å². The number of pyridine rings is 1. The Morgan fingerprint density at radius 1 is 0.864 bits per heavy atom. The molecule has 3 aromatic rings. The maximum Gasteiger partial charge on any atom is 0.336 e. The van der Waals surface area contributed by atoms with Gasteiger partial charge in [-0.15, -0.1) is 0 Å². The fraction of sp³-hybridized carbons (Fsp3) is 0.0526. The van der Waals surface area contributed by atoms with Gasteiger partial charge in [0, 0.05) is 18.3 Å². The van der Waals surface area contributed by atoms with Crippen LogP contribution in [-0.2, 0) is 0 Å². The van der Waals surface area contributed by atoms with Gasteiger partial charge in [0.15, 0.2) is 0 Å². The third-order valence-corrected chi connectivity index (χ3v) is 3.66. The molecular weight excluding hydrogens is 274 g/mol. The molecule has 0 amide bonds. The van der Waals surface area contributed by atoms with Crippen molar-refractivity contribution in [2.45, 2.75) is 5.92 Å². The van der Waals surface area contributed by atoms with Gasteiger partial charge in [-0.3, -0.25) is 4.98 Å². The van der Waals surface area contributed by atoms with Gasteiger partial charge in [-0.2, -0.15) is 0 Å². The quantitative estimate of drug-likeness (QED) is 0.791. The summed E-state index contributed by atoms with van der Waals surface area (Å²) in [7, 11) is 0. The molecule has 0 bridgehead atoms. The van der Waals surface area contributed by atoms with Crippen LogP contribution in [0.4, 0.5) is 0 Å². The fourth-order valence-electron chi connectivity index (χ4n) is 2.67. The second kappa shape index (κ2) is 6.22. The highest BCUT2D eigenvalue weighted by Crippen LogP contribution is 2.33. The first-order valence-corrected chi connectivity index (χ1v) is 7.04. The number of carboxylic acids is 1. The van der Waals surface area contributed by atoms with E-state index in [0.29, 0.717) is 5.56 Å². The summed E-state index contributed by atoms with van der Waals surface area (Å²) in [5.41, 5.74) is 3.08. The van der Waals surface area contributed by atoms with E-state index in [2.05, 4.69) is 4.98 Å². The average molecular weight is 289 g/mol. The second-order valence-corrected chi connectivity index (χ2v) is 5.02. The first-order valence-electron chi connectivity index (χ1n) is 7.04. The van der Waals surface area contributed by atoms with Gasteiger partial charge in [0.25, 0.3) is 0 Å². The molecule has 3 heteroatoms. The molecule has 0 spiro atoms. The number of aromatic carboxylic acids is 1. The predicted octanol–water partition coefficient (Wildman–Crippen LogP) is 3.96. The van der Waals surface area contributed by atoms with Crippen LogP contribution in [0.1, 0.15) is 33.0 Å². The first kappa shape index (κ1) is 14.0. The number of hydrogen-bond donors (Lipinski definition) is 1. The van der Waals surface area contributed by atoms with E-state index in [1.807, 2.05) is 60.7 Å². The summed E-state index contributed by atoms with van der Waals surface area (Å²) in [6.07, 6.45) is 3.16. The molecule has 0 radical (unpaired) electrons. The van der Waals surface area contributed by atoms with Crippen LogP contribution in [0.25, 0.3) is 0 Å². The summed E-state index contributed by atoms with van der Waals surface area (Å²) in [5, 5.41) is 9.48. The Morgan fingerprint density at radius 2 is 1.41 bits per heavy atom. The highest BCUT2D eigenvalue weighted by molar-refractivity contribution is 5.89. The Hall–Kier alpha value is -2.94. The van der Waals surface area contributed by atoms with E-state index < -0.39 is 5.97 Å². The molecule has 2 aromatic carbocycles. The van der Waals surface area contributed by atoms with Crippen LogP contribution in [-0.4, -0.2) is 16.1 Å². The summed E-state index contributed by atoms with van der Waals surface area (Å²) in [6.45, 7) is 0. The topological polar surface area (TPSA) is 50.2 Å². The van der Waals surface area contributed by atoms with Crippen LogP contribution < -0.4 is 0 Å². The Balaban J connectivity index is 2.21. The summed E-state index contributed by atoms with van der Waals surface area (Å²) in [4.78, 5) is 15.7. The number of hydrogen-bond acceptors (Lipinski definition) is 2. The molecule has 1 heterocycles. The smallest absolute Gasteiger partial charge is 0.336 e. The first-order chi connectivity index (χ1) is 10.8. The number of benzene rings is 2. The minimum atomic E-state index is -0.936. The molecular formula is C19H15NO2. The van der Waals surface area contributed by atoms with Crippen molar-refractivity contribution in [1.82, 2.24) is 4.98 Å². The number of nitrogens with zero attached hydrogens (tertiary/aromatic N) is 1. The van der Waals surface area contributed by atoms with E-state index in [4.69, 9.17) is 0 Å². The summed E-state index contributed by atoms with van der Waals surface area (Å²) in [6, 6.07) is 21.3. The lowest BCUT2D eigenvalue weighted by Gasteiger charge is -2.20. The lowest BCUT2D eigenvalue weighted by molar-refractivity contribution is 0.0695. The Morgan fingerprint density at radius 3 is 1.91 bits per heavy atom. The normalized spacial score (nSPS) is 10.6. The number of aromatic nitrogens is 1. The molecule has 0 aliphatic rings. The van der Waals surface area contributed by atoms with Crippen LogP contribution in [0.15, 0.2) is 79.1 Å². The lowest BCUT2D eigenvalue weighted by atomic mass is 9.84. The Kier molecular flexibility index (Phi) is 3.97. The minimum absolute atomic E-state index is 0.151. The van der Waals surface area contributed by atoms with Crippen molar-refractivity contribution in [3.63, 3.8) is 0 Å². The summed E-state index contributed by atoms with van der Waals surface area (Å²) in [5.74, 6) is -1.09. The predicted molar refractivity (Wildman–Crippen MR) is 85.0 cm³/mol. The average Bonchev–Trinajstić information content (AvgIpc) is 2.57. The van der Waals surface area contributed by atoms with E-state index in [9.17, 15) is 9.90 Å². The van der Waals surface area contributed by atoms with E-state index in [0.717, 1.165) is 11.1 Å². The molecule has 22 heavy (non-hydrogen) atoms. The highest BCUT2D eigenvalue weighted by Gasteiger charge is 2.22. The maximum absolute atomic E-state index is 11.6. The SMILES string of the molecule is O=C(O)c1ccncc1C(c1ccccc1)c1ccccc1. The minimum Gasteiger partial charge on any atom is -0.478 e. The van der Waals surface area contributed by atoms with Crippen molar-refractivity contribution >= 4 is 5.97 Å². The molecule has 108 valence electrons. The van der Waals surface area contributed by atoms with Crippen molar-refractivity contribution in [2.24, 2.45) is 0 Å². The van der Waals surface area contributed by atoms with Crippen molar-refractivity contribution in [2.75, 3.05) is 0 Å². The molecule has 0 fully saturated rings. The molecule has 0 aliphatic carbocycles. The third-order valence-electron chi connectivity index (χ3n) is 3.66. The van der Waals surface area contributed by atoms with E-state index >= 15 is 0 Å². The van der Waals surface area contributed by atoms with Gasteiger partial charge in [0.1, 0.15) is 0 Å².